The highest BCUT2D eigenvalue weighted by Gasteiger charge is 2.33. The number of benzene rings is 3. The molecule has 1 atom stereocenters. The molecule has 0 heterocycles. The van der Waals surface area contributed by atoms with Crippen molar-refractivity contribution in [3.05, 3.63) is 94.5 Å². The summed E-state index contributed by atoms with van der Waals surface area (Å²) in [5.41, 5.74) is -2.94. The van der Waals surface area contributed by atoms with Crippen LogP contribution in [0.4, 0.5) is 26.3 Å². The van der Waals surface area contributed by atoms with Crippen molar-refractivity contribution in [3.63, 3.8) is 0 Å². The summed E-state index contributed by atoms with van der Waals surface area (Å²) in [5.74, 6) is -3.04. The van der Waals surface area contributed by atoms with E-state index in [1.165, 1.54) is 26.2 Å². The molecule has 0 saturated heterocycles. The Morgan fingerprint density at radius 1 is 0.786 bits per heavy atom. The predicted octanol–water partition coefficient (Wildman–Crippen LogP) is 4.64. The average Bonchev–Trinajstić information content (AvgIpc) is 2.89. The molecule has 3 amide bonds. The molecule has 0 radical (unpaired) electrons. The highest BCUT2D eigenvalue weighted by molar-refractivity contribution is 7.89. The fourth-order valence-corrected chi connectivity index (χ4v) is 4.30. The maximum Gasteiger partial charge on any atom is 0.416 e. The quantitative estimate of drug-likeness (QED) is 0.376. The van der Waals surface area contributed by atoms with Gasteiger partial charge in [0.25, 0.3) is 11.8 Å². The molecule has 0 fully saturated rings. The van der Waals surface area contributed by atoms with Crippen LogP contribution in [-0.4, -0.2) is 51.4 Å². The predicted molar refractivity (Wildman–Crippen MR) is 140 cm³/mol. The van der Waals surface area contributed by atoms with Gasteiger partial charge in [0, 0.05) is 25.2 Å². The van der Waals surface area contributed by atoms with E-state index in [1.54, 1.807) is 4.72 Å². The van der Waals surface area contributed by atoms with E-state index in [0.717, 1.165) is 53.4 Å². The number of hydrogen-bond acceptors (Lipinski definition) is 5. The van der Waals surface area contributed by atoms with Crippen LogP contribution in [0.15, 0.2) is 66.7 Å². The summed E-state index contributed by atoms with van der Waals surface area (Å²) in [6, 6.07) is 8.91. The SMILES string of the molecule is CN(C)C(=O)[C@@H](NC(=O)c1cc(C(=O)NS(C)(=O)=O)ccc1-c1ccc(C(F)(F)F)cc1)c1cccc(C(F)(F)F)c1. The van der Waals surface area contributed by atoms with Crippen LogP contribution < -0.4 is 10.0 Å². The van der Waals surface area contributed by atoms with Crippen molar-refractivity contribution in [2.75, 3.05) is 20.4 Å². The second-order valence-electron chi connectivity index (χ2n) is 9.30. The first-order valence-corrected chi connectivity index (χ1v) is 13.7. The number of amides is 3. The second-order valence-corrected chi connectivity index (χ2v) is 11.0. The summed E-state index contributed by atoms with van der Waals surface area (Å²) in [4.78, 5) is 40.1. The lowest BCUT2D eigenvalue weighted by Gasteiger charge is -2.23. The number of halogens is 6. The number of nitrogens with one attached hydrogen (secondary N) is 2. The van der Waals surface area contributed by atoms with Gasteiger partial charge < -0.3 is 10.2 Å². The summed E-state index contributed by atoms with van der Waals surface area (Å²) < 4.78 is 104. The fourth-order valence-electron chi connectivity index (χ4n) is 3.84. The number of carbonyl (C=O) groups excluding carboxylic acids is 3. The number of hydrogen-bond donors (Lipinski definition) is 2. The molecule has 0 bridgehead atoms. The van der Waals surface area contributed by atoms with Gasteiger partial charge in [-0.05, 0) is 53.1 Å². The van der Waals surface area contributed by atoms with Crippen LogP contribution in [0.5, 0.6) is 0 Å². The third-order valence-electron chi connectivity index (χ3n) is 5.84. The molecule has 3 aromatic carbocycles. The van der Waals surface area contributed by atoms with Crippen molar-refractivity contribution in [2.45, 2.75) is 18.4 Å². The van der Waals surface area contributed by atoms with E-state index in [1.807, 2.05) is 0 Å². The lowest BCUT2D eigenvalue weighted by Crippen LogP contribution is -2.40. The van der Waals surface area contributed by atoms with Crippen LogP contribution in [-0.2, 0) is 27.2 Å². The maximum atomic E-state index is 13.6. The van der Waals surface area contributed by atoms with Crippen LogP contribution >= 0.6 is 0 Å². The van der Waals surface area contributed by atoms with E-state index in [0.29, 0.717) is 12.3 Å². The lowest BCUT2D eigenvalue weighted by molar-refractivity contribution is -0.138. The topological polar surface area (TPSA) is 113 Å². The average molecular weight is 616 g/mol. The van der Waals surface area contributed by atoms with Gasteiger partial charge in [-0.2, -0.15) is 26.3 Å². The van der Waals surface area contributed by atoms with E-state index in [4.69, 9.17) is 0 Å². The van der Waals surface area contributed by atoms with E-state index in [2.05, 4.69) is 5.32 Å². The van der Waals surface area contributed by atoms with Crippen molar-refractivity contribution in [3.8, 4) is 11.1 Å². The molecule has 0 aliphatic heterocycles. The molecule has 0 aliphatic rings. The summed E-state index contributed by atoms with van der Waals surface area (Å²) in [7, 11) is -1.42. The zero-order valence-corrected chi connectivity index (χ0v) is 22.9. The molecule has 3 aromatic rings. The molecule has 0 aliphatic carbocycles. The van der Waals surface area contributed by atoms with Gasteiger partial charge >= 0.3 is 12.4 Å². The second kappa shape index (κ2) is 11.8. The summed E-state index contributed by atoms with van der Waals surface area (Å²) >= 11 is 0. The van der Waals surface area contributed by atoms with Gasteiger partial charge in [-0.3, -0.25) is 14.4 Å². The van der Waals surface area contributed by atoms with Crippen molar-refractivity contribution in [1.82, 2.24) is 14.9 Å². The number of carbonyl (C=O) groups is 3. The molecule has 2 N–H and O–H groups in total. The van der Waals surface area contributed by atoms with Gasteiger partial charge in [0.1, 0.15) is 6.04 Å². The molecule has 0 spiro atoms. The third kappa shape index (κ3) is 7.87. The number of rotatable bonds is 7. The minimum absolute atomic E-state index is 0.0165. The Kier molecular flexibility index (Phi) is 9.05. The molecule has 42 heavy (non-hydrogen) atoms. The standard InChI is InChI=1S/C27H23F6N3O5S/c1-36(2)25(39)22(16-5-4-6-19(13-16)27(31,32)33)34-24(38)21-14-17(23(37)35-42(3,40)41)9-12-20(21)15-7-10-18(11-8-15)26(28,29)30/h4-14,22H,1-3H3,(H,34,38)(H,35,37)/t22-/m0/s1. The summed E-state index contributed by atoms with van der Waals surface area (Å²) in [6.07, 6.45) is -8.71. The Hall–Kier alpha value is -4.40. The van der Waals surface area contributed by atoms with Crippen LogP contribution in [0.25, 0.3) is 11.1 Å². The van der Waals surface area contributed by atoms with Gasteiger partial charge in [-0.1, -0.05) is 30.3 Å². The molecule has 0 unspecified atom stereocenters. The van der Waals surface area contributed by atoms with Crippen molar-refractivity contribution in [2.24, 2.45) is 0 Å². The van der Waals surface area contributed by atoms with Crippen LogP contribution in [0.2, 0.25) is 0 Å². The normalized spacial score (nSPS) is 12.8. The van der Waals surface area contributed by atoms with Crippen molar-refractivity contribution in [1.29, 1.82) is 0 Å². The first-order valence-electron chi connectivity index (χ1n) is 11.8. The molecule has 0 saturated carbocycles. The lowest BCUT2D eigenvalue weighted by atomic mass is 9.95. The third-order valence-corrected chi connectivity index (χ3v) is 6.39. The van der Waals surface area contributed by atoms with Gasteiger partial charge in [0.05, 0.1) is 17.4 Å². The van der Waals surface area contributed by atoms with Crippen LogP contribution in [0.3, 0.4) is 0 Å². The fraction of sp³-hybridized carbons (Fsp3) is 0.222. The zero-order valence-electron chi connectivity index (χ0n) is 22.1. The Morgan fingerprint density at radius 3 is 1.90 bits per heavy atom. The Balaban J connectivity index is 2.14. The largest absolute Gasteiger partial charge is 0.416 e. The highest BCUT2D eigenvalue weighted by atomic mass is 32.2. The Labute approximate surface area is 236 Å². The highest BCUT2D eigenvalue weighted by Crippen LogP contribution is 2.33. The molecule has 0 aromatic heterocycles. The Bertz CT molecular complexity index is 1620. The number of likely N-dealkylation sites (N-methyl/N-ethyl adjacent to an activating group) is 1. The van der Waals surface area contributed by atoms with Crippen molar-refractivity contribution < 1.29 is 49.1 Å². The Morgan fingerprint density at radius 2 is 1.38 bits per heavy atom. The first kappa shape index (κ1) is 32.1. The number of sulfonamides is 1. The van der Waals surface area contributed by atoms with E-state index in [9.17, 15) is 49.1 Å². The first-order chi connectivity index (χ1) is 19.3. The minimum Gasteiger partial charge on any atom is -0.347 e. The number of nitrogens with zero attached hydrogens (tertiary/aromatic N) is 1. The molecular formula is C27H23F6N3O5S. The molecule has 8 nitrogen and oxygen atoms in total. The van der Waals surface area contributed by atoms with Crippen LogP contribution in [0, 0.1) is 0 Å². The molecular weight excluding hydrogens is 592 g/mol. The molecule has 3 rings (SSSR count). The minimum atomic E-state index is -4.76. The number of alkyl halides is 6. The molecule has 15 heteroatoms. The van der Waals surface area contributed by atoms with E-state index >= 15 is 0 Å². The molecule has 224 valence electrons. The van der Waals surface area contributed by atoms with Gasteiger partial charge in [-0.25, -0.2) is 13.1 Å². The van der Waals surface area contributed by atoms with Gasteiger partial charge in [0.2, 0.25) is 15.9 Å². The zero-order chi connectivity index (χ0) is 31.6. The smallest absolute Gasteiger partial charge is 0.347 e. The summed E-state index contributed by atoms with van der Waals surface area (Å²) in [6.45, 7) is 0. The monoisotopic (exact) mass is 615 g/mol. The van der Waals surface area contributed by atoms with E-state index in [-0.39, 0.29) is 27.8 Å². The maximum absolute atomic E-state index is 13.6. The van der Waals surface area contributed by atoms with E-state index < -0.39 is 57.3 Å². The van der Waals surface area contributed by atoms with Crippen molar-refractivity contribution >= 4 is 27.7 Å². The summed E-state index contributed by atoms with van der Waals surface area (Å²) in [5, 5.41) is 2.34. The van der Waals surface area contributed by atoms with Gasteiger partial charge in [0.15, 0.2) is 0 Å². The van der Waals surface area contributed by atoms with Crippen LogP contribution in [0.1, 0.15) is 43.4 Å². The van der Waals surface area contributed by atoms with Gasteiger partial charge in [-0.15, -0.1) is 0 Å².